The summed E-state index contributed by atoms with van der Waals surface area (Å²) in [7, 11) is 1.51. The zero-order valence-electron chi connectivity index (χ0n) is 18.4. The summed E-state index contributed by atoms with van der Waals surface area (Å²) in [4.78, 5) is 63.2. The summed E-state index contributed by atoms with van der Waals surface area (Å²) in [5, 5.41) is 0. The topological polar surface area (TPSA) is 107 Å². The van der Waals surface area contributed by atoms with Crippen molar-refractivity contribution in [3.05, 3.63) is 94.5 Å². The third kappa shape index (κ3) is 4.21. The number of amides is 2. The second kappa shape index (κ2) is 9.11. The minimum Gasteiger partial charge on any atom is -0.497 e. The maximum Gasteiger partial charge on any atom is 0.338 e. The van der Waals surface area contributed by atoms with Crippen LogP contribution in [0.4, 0.5) is 5.69 Å². The lowest BCUT2D eigenvalue weighted by Crippen LogP contribution is -2.29. The van der Waals surface area contributed by atoms with E-state index in [-0.39, 0.29) is 28.2 Å². The van der Waals surface area contributed by atoms with E-state index in [0.717, 1.165) is 4.90 Å². The molecular formula is C26H19NO7. The van der Waals surface area contributed by atoms with Crippen LogP contribution in [-0.4, -0.2) is 43.1 Å². The van der Waals surface area contributed by atoms with Crippen molar-refractivity contribution < 1.29 is 33.4 Å². The lowest BCUT2D eigenvalue weighted by atomic mass is 10.1. The summed E-state index contributed by atoms with van der Waals surface area (Å²) >= 11 is 0. The average molecular weight is 457 g/mol. The molecule has 0 aromatic heterocycles. The number of hydrogen-bond donors (Lipinski definition) is 0. The van der Waals surface area contributed by atoms with Gasteiger partial charge in [0.1, 0.15) is 5.75 Å². The molecule has 0 atom stereocenters. The largest absolute Gasteiger partial charge is 0.497 e. The quantitative estimate of drug-likeness (QED) is 0.302. The number of esters is 1. The van der Waals surface area contributed by atoms with Gasteiger partial charge in [-0.15, -0.1) is 0 Å². The number of carbonyl (C=O) groups excluding carboxylic acids is 5. The maximum atomic E-state index is 13.0. The molecule has 0 radical (unpaired) electrons. The van der Waals surface area contributed by atoms with Crippen molar-refractivity contribution >= 4 is 35.0 Å². The van der Waals surface area contributed by atoms with Crippen LogP contribution in [0.25, 0.3) is 0 Å². The van der Waals surface area contributed by atoms with Gasteiger partial charge >= 0.3 is 5.97 Å². The molecule has 0 fully saturated rings. The molecule has 0 saturated heterocycles. The average Bonchev–Trinajstić information content (AvgIpc) is 3.11. The highest BCUT2D eigenvalue weighted by Gasteiger charge is 2.37. The zero-order valence-corrected chi connectivity index (χ0v) is 18.4. The molecular weight excluding hydrogens is 438 g/mol. The van der Waals surface area contributed by atoms with Crippen LogP contribution in [0, 0.1) is 0 Å². The smallest absolute Gasteiger partial charge is 0.338 e. The molecule has 0 bridgehead atoms. The van der Waals surface area contributed by atoms with Gasteiger partial charge in [-0.05, 0) is 61.5 Å². The van der Waals surface area contributed by atoms with E-state index in [2.05, 4.69) is 0 Å². The number of ether oxygens (including phenoxy) is 2. The molecule has 4 rings (SSSR count). The number of anilines is 1. The van der Waals surface area contributed by atoms with Crippen LogP contribution < -0.4 is 9.64 Å². The van der Waals surface area contributed by atoms with E-state index in [1.807, 2.05) is 0 Å². The summed E-state index contributed by atoms with van der Waals surface area (Å²) in [5.41, 5.74) is 1.17. The Bertz CT molecular complexity index is 1340. The molecule has 1 aliphatic rings. The number of imide groups is 1. The summed E-state index contributed by atoms with van der Waals surface area (Å²) in [5.74, 6) is -2.00. The van der Waals surface area contributed by atoms with Crippen LogP contribution in [0.3, 0.4) is 0 Å². The molecule has 0 saturated carbocycles. The Morgan fingerprint density at radius 1 is 0.794 bits per heavy atom. The van der Waals surface area contributed by atoms with Gasteiger partial charge in [0, 0.05) is 11.1 Å². The minimum atomic E-state index is -0.804. The highest BCUT2D eigenvalue weighted by Crippen LogP contribution is 2.30. The Hall–Kier alpha value is -4.59. The molecule has 1 heterocycles. The predicted molar refractivity (Wildman–Crippen MR) is 122 cm³/mol. The van der Waals surface area contributed by atoms with Crippen LogP contribution in [0.1, 0.15) is 58.7 Å². The molecule has 0 unspecified atom stereocenters. The number of ketones is 2. The monoisotopic (exact) mass is 457 g/mol. The van der Waals surface area contributed by atoms with Gasteiger partial charge in [-0.3, -0.25) is 19.2 Å². The second-order valence-corrected chi connectivity index (χ2v) is 7.54. The van der Waals surface area contributed by atoms with Gasteiger partial charge in [-0.25, -0.2) is 9.69 Å². The van der Waals surface area contributed by atoms with Crippen molar-refractivity contribution in [2.75, 3.05) is 18.6 Å². The van der Waals surface area contributed by atoms with Crippen LogP contribution in [-0.2, 0) is 4.74 Å². The summed E-state index contributed by atoms with van der Waals surface area (Å²) in [6, 6.07) is 16.5. The van der Waals surface area contributed by atoms with E-state index in [4.69, 9.17) is 9.47 Å². The number of hydrogen-bond acceptors (Lipinski definition) is 7. The highest BCUT2D eigenvalue weighted by atomic mass is 16.5. The lowest BCUT2D eigenvalue weighted by Gasteiger charge is -2.14. The first-order valence-corrected chi connectivity index (χ1v) is 10.3. The fraction of sp³-hybridized carbons (Fsp3) is 0.115. The molecule has 170 valence electrons. The molecule has 3 aromatic carbocycles. The molecule has 2 amide bonds. The molecule has 0 spiro atoms. The van der Waals surface area contributed by atoms with Crippen LogP contribution >= 0.6 is 0 Å². The standard InChI is InChI=1S/C26H19NO7/c1-15(28)17-4-3-5-19(12-17)27-24(30)21-11-8-18(13-22(21)25(27)31)26(32)34-14-23(29)16-6-9-20(33-2)10-7-16/h3-13H,14H2,1-2H3. The van der Waals surface area contributed by atoms with Crippen LogP contribution in [0.5, 0.6) is 5.75 Å². The van der Waals surface area contributed by atoms with E-state index < -0.39 is 30.2 Å². The number of nitrogens with zero attached hydrogens (tertiary/aromatic N) is 1. The zero-order chi connectivity index (χ0) is 24.4. The number of benzene rings is 3. The highest BCUT2D eigenvalue weighted by molar-refractivity contribution is 6.34. The van der Waals surface area contributed by atoms with E-state index in [0.29, 0.717) is 16.9 Å². The molecule has 0 N–H and O–H groups in total. The number of rotatable bonds is 7. The molecule has 0 aliphatic carbocycles. The molecule has 34 heavy (non-hydrogen) atoms. The van der Waals surface area contributed by atoms with Gasteiger partial charge in [0.25, 0.3) is 11.8 Å². The third-order valence-corrected chi connectivity index (χ3v) is 5.38. The summed E-state index contributed by atoms with van der Waals surface area (Å²) < 4.78 is 10.2. The lowest BCUT2D eigenvalue weighted by molar-refractivity contribution is 0.0474. The van der Waals surface area contributed by atoms with Gasteiger partial charge in [0.15, 0.2) is 18.2 Å². The number of methoxy groups -OCH3 is 1. The van der Waals surface area contributed by atoms with Crippen LogP contribution in [0.15, 0.2) is 66.7 Å². The summed E-state index contributed by atoms with van der Waals surface area (Å²) in [6.07, 6.45) is 0. The van der Waals surface area contributed by atoms with Crippen molar-refractivity contribution in [3.63, 3.8) is 0 Å². The maximum absolute atomic E-state index is 13.0. The number of fused-ring (bicyclic) bond motifs is 1. The van der Waals surface area contributed by atoms with Crippen molar-refractivity contribution in [1.29, 1.82) is 0 Å². The second-order valence-electron chi connectivity index (χ2n) is 7.54. The van der Waals surface area contributed by atoms with Gasteiger partial charge in [-0.2, -0.15) is 0 Å². The van der Waals surface area contributed by atoms with Gasteiger partial charge in [0.05, 0.1) is 29.5 Å². The Labute approximate surface area is 194 Å². The van der Waals surface area contributed by atoms with Crippen molar-refractivity contribution in [1.82, 2.24) is 0 Å². The molecule has 8 nitrogen and oxygen atoms in total. The molecule has 3 aromatic rings. The van der Waals surface area contributed by atoms with E-state index in [9.17, 15) is 24.0 Å². The first kappa shape index (κ1) is 22.6. The van der Waals surface area contributed by atoms with Crippen molar-refractivity contribution in [2.45, 2.75) is 6.92 Å². The fourth-order valence-corrected chi connectivity index (χ4v) is 3.54. The Morgan fingerprint density at radius 2 is 1.47 bits per heavy atom. The predicted octanol–water partition coefficient (Wildman–Crippen LogP) is 3.74. The first-order valence-electron chi connectivity index (χ1n) is 10.3. The Balaban J connectivity index is 1.50. The van der Waals surface area contributed by atoms with Gasteiger partial charge in [0.2, 0.25) is 0 Å². The third-order valence-electron chi connectivity index (χ3n) is 5.38. The van der Waals surface area contributed by atoms with Crippen molar-refractivity contribution in [2.24, 2.45) is 0 Å². The number of Topliss-reactive ketones (excluding diaryl/α,β-unsaturated/α-hetero) is 2. The first-order chi connectivity index (χ1) is 16.3. The summed E-state index contributed by atoms with van der Waals surface area (Å²) in [6.45, 7) is 0.901. The van der Waals surface area contributed by atoms with E-state index in [1.165, 1.54) is 38.3 Å². The van der Waals surface area contributed by atoms with E-state index in [1.54, 1.807) is 42.5 Å². The SMILES string of the molecule is COc1ccc(C(=O)COC(=O)c2ccc3c(c2)C(=O)N(c2cccc(C(C)=O)c2)C3=O)cc1. The minimum absolute atomic E-state index is 0.0294. The van der Waals surface area contributed by atoms with Crippen LogP contribution in [0.2, 0.25) is 0 Å². The van der Waals surface area contributed by atoms with Crippen molar-refractivity contribution in [3.8, 4) is 5.75 Å². The van der Waals surface area contributed by atoms with Gasteiger partial charge < -0.3 is 9.47 Å². The van der Waals surface area contributed by atoms with Gasteiger partial charge in [-0.1, -0.05) is 12.1 Å². The van der Waals surface area contributed by atoms with E-state index >= 15 is 0 Å². The number of carbonyl (C=O) groups is 5. The molecule has 1 aliphatic heterocycles. The Morgan fingerprint density at radius 3 is 2.15 bits per heavy atom. The molecule has 8 heteroatoms. The Kier molecular flexibility index (Phi) is 6.05. The fourth-order valence-electron chi connectivity index (χ4n) is 3.54. The normalized spacial score (nSPS) is 12.4.